The molecule has 0 bridgehead atoms. The number of ether oxygens (including phenoxy) is 2. The van der Waals surface area contributed by atoms with E-state index in [-0.39, 0.29) is 33.9 Å². The van der Waals surface area contributed by atoms with Crippen molar-refractivity contribution in [1.29, 1.82) is 0 Å². The number of rotatable bonds is 10. The number of carboxylic acids is 1. The van der Waals surface area contributed by atoms with Gasteiger partial charge in [0.1, 0.15) is 23.6 Å². The molecule has 0 aliphatic carbocycles. The fourth-order valence-electron chi connectivity index (χ4n) is 4.06. The van der Waals surface area contributed by atoms with Crippen LogP contribution < -0.4 is 14.8 Å². The summed E-state index contributed by atoms with van der Waals surface area (Å²) in [6, 6.07) is 16.0. The molecule has 0 saturated carbocycles. The SMILES string of the molecule is O=C(N[C@@H](Cc1ccc(OC2CN(Cc3ccc(OC(F)(F)F)cc3)C2)cc1)C(=O)O)c1c(Cl)cccc1Cl. The highest BCUT2D eigenvalue weighted by Gasteiger charge is 2.31. The fourth-order valence-corrected chi connectivity index (χ4v) is 4.63. The summed E-state index contributed by atoms with van der Waals surface area (Å²) in [5.41, 5.74) is 1.54. The molecule has 1 heterocycles. The molecule has 0 spiro atoms. The molecule has 2 N–H and O–H groups in total. The molecule has 1 amide bonds. The zero-order chi connectivity index (χ0) is 28.2. The van der Waals surface area contributed by atoms with E-state index < -0.39 is 24.3 Å². The molecular formula is C27H23Cl2F3N2O5. The second-order valence-electron chi connectivity index (χ2n) is 8.93. The van der Waals surface area contributed by atoms with Crippen molar-refractivity contribution in [2.45, 2.75) is 31.5 Å². The van der Waals surface area contributed by atoms with Crippen LogP contribution in [0, 0.1) is 0 Å². The third-order valence-electron chi connectivity index (χ3n) is 5.95. The molecule has 1 aliphatic rings. The zero-order valence-electron chi connectivity index (χ0n) is 20.3. The van der Waals surface area contributed by atoms with E-state index in [1.54, 1.807) is 42.5 Å². The van der Waals surface area contributed by atoms with Gasteiger partial charge < -0.3 is 19.9 Å². The topological polar surface area (TPSA) is 88.1 Å². The first-order valence-corrected chi connectivity index (χ1v) is 12.5. The standard InChI is InChI=1S/C27H23Cl2F3N2O5/c28-21-2-1-3-22(29)24(21)25(35)33-23(26(36)37)12-16-4-8-18(9-5-16)38-20-14-34(15-20)13-17-6-10-19(11-7-17)39-27(30,31)32/h1-11,20,23H,12-15H2,(H,33,35)(H,36,37)/t23-/m0/s1. The maximum atomic E-state index is 12.6. The van der Waals surface area contributed by atoms with E-state index in [2.05, 4.69) is 15.0 Å². The second kappa shape index (κ2) is 12.1. The Morgan fingerprint density at radius 3 is 2.08 bits per heavy atom. The summed E-state index contributed by atoms with van der Waals surface area (Å²) in [5, 5.41) is 12.3. The third kappa shape index (κ3) is 8.01. The smallest absolute Gasteiger partial charge is 0.488 e. The van der Waals surface area contributed by atoms with Crippen LogP contribution in [0.1, 0.15) is 21.5 Å². The van der Waals surface area contributed by atoms with Crippen LogP contribution in [0.4, 0.5) is 13.2 Å². The monoisotopic (exact) mass is 582 g/mol. The van der Waals surface area contributed by atoms with Crippen molar-refractivity contribution in [3.8, 4) is 11.5 Å². The molecule has 4 rings (SSSR count). The van der Waals surface area contributed by atoms with Crippen molar-refractivity contribution in [1.82, 2.24) is 10.2 Å². The van der Waals surface area contributed by atoms with Gasteiger partial charge in [-0.3, -0.25) is 9.69 Å². The van der Waals surface area contributed by atoms with Crippen LogP contribution in [0.3, 0.4) is 0 Å². The quantitative estimate of drug-likeness (QED) is 0.324. The first-order valence-electron chi connectivity index (χ1n) is 11.8. The van der Waals surface area contributed by atoms with Gasteiger partial charge in [-0.2, -0.15) is 0 Å². The van der Waals surface area contributed by atoms with E-state index in [1.807, 2.05) is 0 Å². The second-order valence-corrected chi connectivity index (χ2v) is 9.75. The third-order valence-corrected chi connectivity index (χ3v) is 6.58. The van der Waals surface area contributed by atoms with Crippen molar-refractivity contribution in [3.63, 3.8) is 0 Å². The number of hydrogen-bond acceptors (Lipinski definition) is 5. The molecule has 3 aromatic rings. The Labute approximate surface area is 232 Å². The molecule has 39 heavy (non-hydrogen) atoms. The molecule has 3 aromatic carbocycles. The first kappa shape index (κ1) is 28.5. The number of carbonyl (C=O) groups is 2. The minimum atomic E-state index is -4.72. The Kier molecular flexibility index (Phi) is 8.89. The maximum absolute atomic E-state index is 12.6. The number of halogens is 5. The number of amides is 1. The van der Waals surface area contributed by atoms with Gasteiger partial charge in [-0.1, -0.05) is 53.5 Å². The molecule has 206 valence electrons. The van der Waals surface area contributed by atoms with Crippen LogP contribution in [0.25, 0.3) is 0 Å². The van der Waals surface area contributed by atoms with Crippen LogP contribution in [0.15, 0.2) is 66.7 Å². The average molecular weight is 583 g/mol. The molecule has 0 unspecified atom stereocenters. The van der Waals surface area contributed by atoms with Crippen molar-refractivity contribution >= 4 is 35.1 Å². The number of carbonyl (C=O) groups excluding carboxylic acids is 1. The van der Waals surface area contributed by atoms with E-state index in [4.69, 9.17) is 27.9 Å². The van der Waals surface area contributed by atoms with E-state index >= 15 is 0 Å². The Balaban J connectivity index is 1.25. The van der Waals surface area contributed by atoms with E-state index in [0.717, 1.165) is 5.56 Å². The predicted molar refractivity (Wildman–Crippen MR) is 138 cm³/mol. The van der Waals surface area contributed by atoms with Gasteiger partial charge in [0, 0.05) is 26.1 Å². The molecule has 0 radical (unpaired) electrons. The van der Waals surface area contributed by atoms with Crippen LogP contribution in [-0.4, -0.2) is 53.5 Å². The first-order chi connectivity index (χ1) is 18.5. The Bertz CT molecular complexity index is 1290. The number of benzene rings is 3. The summed E-state index contributed by atoms with van der Waals surface area (Å²) in [7, 11) is 0. The van der Waals surface area contributed by atoms with Gasteiger partial charge in [-0.25, -0.2) is 4.79 Å². The molecule has 1 atom stereocenters. The number of alkyl halides is 3. The number of nitrogens with one attached hydrogen (secondary N) is 1. The number of likely N-dealkylation sites (tertiary alicyclic amines) is 1. The minimum absolute atomic E-state index is 0.0119. The summed E-state index contributed by atoms with van der Waals surface area (Å²) in [6.45, 7) is 1.84. The number of hydrogen-bond donors (Lipinski definition) is 2. The Morgan fingerprint density at radius 2 is 1.51 bits per heavy atom. The Morgan fingerprint density at radius 1 is 0.949 bits per heavy atom. The van der Waals surface area contributed by atoms with Crippen LogP contribution >= 0.6 is 23.2 Å². The van der Waals surface area contributed by atoms with E-state index in [0.29, 0.717) is 30.9 Å². The number of nitrogens with zero attached hydrogens (tertiary/aromatic N) is 1. The van der Waals surface area contributed by atoms with Gasteiger partial charge in [-0.05, 0) is 47.5 Å². The molecule has 12 heteroatoms. The van der Waals surface area contributed by atoms with Crippen LogP contribution in [0.5, 0.6) is 11.5 Å². The lowest BCUT2D eigenvalue weighted by atomic mass is 10.0. The van der Waals surface area contributed by atoms with E-state index in [1.165, 1.54) is 24.3 Å². The lowest BCUT2D eigenvalue weighted by Crippen LogP contribution is -2.53. The van der Waals surface area contributed by atoms with Crippen molar-refractivity contribution < 1.29 is 37.3 Å². The molecule has 7 nitrogen and oxygen atoms in total. The largest absolute Gasteiger partial charge is 0.573 e. The summed E-state index contributed by atoms with van der Waals surface area (Å²) in [6.07, 6.45) is -4.75. The lowest BCUT2D eigenvalue weighted by molar-refractivity contribution is -0.274. The van der Waals surface area contributed by atoms with Gasteiger partial charge in [0.15, 0.2) is 0 Å². The predicted octanol–water partition coefficient (Wildman–Crippen LogP) is 5.58. The number of aliphatic carboxylic acids is 1. The molecule has 1 fully saturated rings. The van der Waals surface area contributed by atoms with Crippen molar-refractivity contribution in [2.24, 2.45) is 0 Å². The van der Waals surface area contributed by atoms with Crippen molar-refractivity contribution in [2.75, 3.05) is 13.1 Å². The summed E-state index contributed by atoms with van der Waals surface area (Å²) >= 11 is 12.1. The number of carboxylic acid groups (broad SMARTS) is 1. The van der Waals surface area contributed by atoms with Gasteiger partial charge >= 0.3 is 12.3 Å². The Hall–Kier alpha value is -3.47. The molecule has 0 aromatic heterocycles. The summed E-state index contributed by atoms with van der Waals surface area (Å²) in [4.78, 5) is 26.5. The zero-order valence-corrected chi connectivity index (χ0v) is 21.8. The summed E-state index contributed by atoms with van der Waals surface area (Å²) in [5.74, 6) is -1.54. The van der Waals surface area contributed by atoms with Gasteiger partial charge in [-0.15, -0.1) is 13.2 Å². The normalized spacial score (nSPS) is 14.8. The van der Waals surface area contributed by atoms with Crippen LogP contribution in [-0.2, 0) is 17.8 Å². The van der Waals surface area contributed by atoms with Crippen LogP contribution in [0.2, 0.25) is 10.0 Å². The molecular weight excluding hydrogens is 560 g/mol. The van der Waals surface area contributed by atoms with Gasteiger partial charge in [0.25, 0.3) is 5.91 Å². The molecule has 1 aliphatic heterocycles. The highest BCUT2D eigenvalue weighted by molar-refractivity contribution is 6.39. The summed E-state index contributed by atoms with van der Waals surface area (Å²) < 4.78 is 46.7. The van der Waals surface area contributed by atoms with Crippen molar-refractivity contribution in [3.05, 3.63) is 93.5 Å². The fraction of sp³-hybridized carbons (Fsp3) is 0.259. The average Bonchev–Trinajstić information content (AvgIpc) is 2.83. The highest BCUT2D eigenvalue weighted by Crippen LogP contribution is 2.26. The minimum Gasteiger partial charge on any atom is -0.488 e. The van der Waals surface area contributed by atoms with Gasteiger partial charge in [0.2, 0.25) is 0 Å². The molecule has 1 saturated heterocycles. The van der Waals surface area contributed by atoms with Gasteiger partial charge in [0.05, 0.1) is 15.6 Å². The van der Waals surface area contributed by atoms with E-state index in [9.17, 15) is 27.9 Å². The highest BCUT2D eigenvalue weighted by atomic mass is 35.5. The lowest BCUT2D eigenvalue weighted by Gasteiger charge is -2.39. The maximum Gasteiger partial charge on any atom is 0.573 e.